The van der Waals surface area contributed by atoms with Crippen molar-refractivity contribution >= 4 is 12.1 Å². The van der Waals surface area contributed by atoms with E-state index in [4.69, 9.17) is 4.74 Å². The van der Waals surface area contributed by atoms with Gasteiger partial charge >= 0.3 is 6.01 Å². The van der Waals surface area contributed by atoms with Gasteiger partial charge in [-0.2, -0.15) is 5.10 Å². The Hall–Kier alpha value is -2.97. The van der Waals surface area contributed by atoms with Crippen molar-refractivity contribution < 1.29 is 22.7 Å². The Morgan fingerprint density at radius 2 is 1.68 bits per heavy atom. The van der Waals surface area contributed by atoms with Crippen molar-refractivity contribution in [3.8, 4) is 6.01 Å². The third kappa shape index (κ3) is 4.65. The fraction of sp³-hybridized carbons (Fsp3) is 0.520. The van der Waals surface area contributed by atoms with Gasteiger partial charge in [-0.25, -0.2) is 28.1 Å². The molecule has 2 aromatic rings. The first-order valence-electron chi connectivity index (χ1n) is 11.8. The lowest BCUT2D eigenvalue weighted by Gasteiger charge is -2.71. The summed E-state index contributed by atoms with van der Waals surface area (Å²) in [5.74, 6) is -1.90. The summed E-state index contributed by atoms with van der Waals surface area (Å²) in [4.78, 5) is 20.3. The number of aromatic nitrogens is 2. The number of unbranched alkanes of at least 4 members (excludes halogenated alkanes) is 2. The molecule has 4 aliphatic rings. The summed E-state index contributed by atoms with van der Waals surface area (Å²) >= 11 is 0. The van der Waals surface area contributed by atoms with Crippen LogP contribution in [0.4, 0.5) is 13.2 Å². The molecular formula is C25H27F3N4O2. The molecule has 1 aromatic carbocycles. The molecule has 34 heavy (non-hydrogen) atoms. The van der Waals surface area contributed by atoms with Crippen molar-refractivity contribution in [1.29, 1.82) is 0 Å². The average Bonchev–Trinajstić information content (AvgIpc) is 3.24. The molecule has 6 rings (SSSR count). The molecule has 0 saturated heterocycles. The lowest BCUT2D eigenvalue weighted by molar-refractivity contribution is -0.223. The van der Waals surface area contributed by atoms with Crippen molar-refractivity contribution in [2.75, 3.05) is 6.61 Å². The highest BCUT2D eigenvalue weighted by Gasteiger charge is 2.67. The van der Waals surface area contributed by atoms with Crippen LogP contribution in [0.5, 0.6) is 6.01 Å². The number of hydrogen-bond acceptors (Lipinski definition) is 5. The van der Waals surface area contributed by atoms with Gasteiger partial charge in [0.2, 0.25) is 5.91 Å². The first-order valence-corrected chi connectivity index (χ1v) is 11.8. The minimum absolute atomic E-state index is 0.118. The van der Waals surface area contributed by atoms with Crippen LogP contribution in [0.15, 0.2) is 35.7 Å². The molecule has 180 valence electrons. The Bertz CT molecular complexity index is 1050. The molecular weight excluding hydrogens is 445 g/mol. The van der Waals surface area contributed by atoms with Gasteiger partial charge in [0, 0.05) is 30.5 Å². The van der Waals surface area contributed by atoms with E-state index in [0.29, 0.717) is 30.4 Å². The summed E-state index contributed by atoms with van der Waals surface area (Å²) < 4.78 is 45.7. The van der Waals surface area contributed by atoms with E-state index < -0.39 is 23.5 Å². The van der Waals surface area contributed by atoms with Gasteiger partial charge in [-0.05, 0) is 55.2 Å². The first kappa shape index (κ1) is 22.8. The Balaban J connectivity index is 0.995. The van der Waals surface area contributed by atoms with Gasteiger partial charge in [-0.15, -0.1) is 0 Å². The predicted molar refractivity (Wildman–Crippen MR) is 118 cm³/mol. The monoisotopic (exact) mass is 472 g/mol. The van der Waals surface area contributed by atoms with Crippen LogP contribution in [0.1, 0.15) is 69.4 Å². The van der Waals surface area contributed by atoms with Gasteiger partial charge in [-0.3, -0.25) is 4.79 Å². The maximum absolute atomic E-state index is 13.6. The van der Waals surface area contributed by atoms with Crippen LogP contribution in [-0.4, -0.2) is 33.7 Å². The second kappa shape index (κ2) is 9.00. The molecule has 3 aliphatic carbocycles. The highest BCUT2D eigenvalue weighted by Crippen LogP contribution is 2.75. The number of amides is 1. The van der Waals surface area contributed by atoms with E-state index in [-0.39, 0.29) is 17.3 Å². The Kier molecular flexibility index (Phi) is 6.04. The van der Waals surface area contributed by atoms with Crippen LogP contribution in [0.25, 0.3) is 0 Å². The highest BCUT2D eigenvalue weighted by atomic mass is 19.1. The molecule has 1 aliphatic heterocycles. The topological polar surface area (TPSA) is 67.7 Å². The minimum atomic E-state index is -0.653. The van der Waals surface area contributed by atoms with E-state index in [1.54, 1.807) is 6.21 Å². The molecule has 1 aromatic heterocycles. The number of ether oxygens (including phenoxy) is 1. The number of halogens is 3. The second-order valence-corrected chi connectivity index (χ2v) is 10.1. The van der Waals surface area contributed by atoms with Gasteiger partial charge in [0.25, 0.3) is 0 Å². The molecule has 0 radical (unpaired) electrons. The van der Waals surface area contributed by atoms with E-state index in [2.05, 4.69) is 15.1 Å². The fourth-order valence-electron chi connectivity index (χ4n) is 6.01. The van der Waals surface area contributed by atoms with Crippen LogP contribution in [-0.2, 0) is 4.79 Å². The van der Waals surface area contributed by atoms with E-state index in [9.17, 15) is 18.0 Å². The van der Waals surface area contributed by atoms with Crippen LogP contribution >= 0.6 is 0 Å². The van der Waals surface area contributed by atoms with Crippen LogP contribution in [0, 0.1) is 28.3 Å². The number of benzene rings is 1. The Morgan fingerprint density at radius 3 is 2.38 bits per heavy atom. The number of rotatable bonds is 10. The number of nitrogens with zero attached hydrogens (tertiary/aromatic N) is 4. The number of carbonyl (C=O) groups excluding carboxylic acids is 1. The van der Waals surface area contributed by atoms with Gasteiger partial charge < -0.3 is 4.74 Å². The van der Waals surface area contributed by atoms with Crippen LogP contribution < -0.4 is 4.74 Å². The minimum Gasteiger partial charge on any atom is -0.463 e. The summed E-state index contributed by atoms with van der Waals surface area (Å²) in [6.45, 7) is 0.571. The lowest BCUT2D eigenvalue weighted by atomic mass is 9.34. The third-order valence-corrected chi connectivity index (χ3v) is 7.31. The zero-order chi connectivity index (χ0) is 23.8. The summed E-state index contributed by atoms with van der Waals surface area (Å²) in [6, 6.07) is 3.12. The maximum atomic E-state index is 13.6. The standard InChI is InChI=1S/C25H27F3N4O2/c26-18-8-17(9-19(27)10-18)21-5-7-31-32(21)22(33)4-2-1-3-6-24-13-25(14-24,15-24)16-34-23-29-11-20(28)12-30-23/h7-12,21H,1-6,13-16H2. The summed E-state index contributed by atoms with van der Waals surface area (Å²) in [5.41, 5.74) is 1.05. The maximum Gasteiger partial charge on any atom is 0.316 e. The molecule has 0 spiro atoms. The quantitative estimate of drug-likeness (QED) is 0.437. The molecule has 3 fully saturated rings. The van der Waals surface area contributed by atoms with E-state index in [1.165, 1.54) is 17.1 Å². The molecule has 1 amide bonds. The SMILES string of the molecule is O=C(CCCCCC12CC(COc3ncc(F)cn3)(C1)C2)N1N=CCC1c1cc(F)cc(F)c1. The fourth-order valence-corrected chi connectivity index (χ4v) is 6.01. The molecule has 1 unspecified atom stereocenters. The highest BCUT2D eigenvalue weighted by molar-refractivity contribution is 5.79. The largest absolute Gasteiger partial charge is 0.463 e. The molecule has 3 saturated carbocycles. The molecule has 2 bridgehead atoms. The molecule has 0 N–H and O–H groups in total. The zero-order valence-electron chi connectivity index (χ0n) is 18.9. The Labute approximate surface area is 196 Å². The summed E-state index contributed by atoms with van der Waals surface area (Å²) in [5, 5.41) is 5.51. The van der Waals surface area contributed by atoms with Crippen molar-refractivity contribution in [3.63, 3.8) is 0 Å². The molecule has 1 atom stereocenters. The lowest BCUT2D eigenvalue weighted by Crippen LogP contribution is -2.63. The van der Waals surface area contributed by atoms with Crippen molar-refractivity contribution in [1.82, 2.24) is 15.0 Å². The van der Waals surface area contributed by atoms with Crippen molar-refractivity contribution in [2.45, 2.75) is 63.8 Å². The smallest absolute Gasteiger partial charge is 0.316 e. The number of carbonyl (C=O) groups is 1. The first-order chi connectivity index (χ1) is 16.4. The normalized spacial score (nSPS) is 26.8. The second-order valence-electron chi connectivity index (χ2n) is 10.1. The molecule has 9 heteroatoms. The Morgan fingerprint density at radius 1 is 0.971 bits per heavy atom. The van der Waals surface area contributed by atoms with E-state index >= 15 is 0 Å². The number of hydrogen-bond donors (Lipinski definition) is 0. The predicted octanol–water partition coefficient (Wildman–Crippen LogP) is 5.35. The van der Waals surface area contributed by atoms with Crippen LogP contribution in [0.2, 0.25) is 0 Å². The summed E-state index contributed by atoms with van der Waals surface area (Å²) in [6.07, 6.45) is 12.0. The molecule has 6 nitrogen and oxygen atoms in total. The van der Waals surface area contributed by atoms with E-state index in [1.807, 2.05) is 0 Å². The summed E-state index contributed by atoms with van der Waals surface area (Å²) in [7, 11) is 0. The van der Waals surface area contributed by atoms with Gasteiger partial charge in [0.05, 0.1) is 25.0 Å². The van der Waals surface area contributed by atoms with E-state index in [0.717, 1.165) is 63.4 Å². The third-order valence-electron chi connectivity index (χ3n) is 7.31. The van der Waals surface area contributed by atoms with Crippen molar-refractivity contribution in [3.05, 3.63) is 53.6 Å². The van der Waals surface area contributed by atoms with Crippen LogP contribution in [0.3, 0.4) is 0 Å². The van der Waals surface area contributed by atoms with Gasteiger partial charge in [-0.1, -0.05) is 12.8 Å². The van der Waals surface area contributed by atoms with Crippen molar-refractivity contribution in [2.24, 2.45) is 15.9 Å². The number of hydrazone groups is 1. The average molecular weight is 473 g/mol. The van der Waals surface area contributed by atoms with Gasteiger partial charge in [0.1, 0.15) is 11.6 Å². The zero-order valence-corrected chi connectivity index (χ0v) is 18.9. The van der Waals surface area contributed by atoms with Gasteiger partial charge in [0.15, 0.2) is 5.82 Å². The molecule has 2 heterocycles.